The molecular weight excluding hydrogens is 369 g/mol. The number of carbonyl (C=O) groups excluding carboxylic acids is 1. The van der Waals surface area contributed by atoms with Crippen LogP contribution in [0, 0.1) is 5.82 Å². The number of amides is 1. The van der Waals surface area contributed by atoms with Gasteiger partial charge in [0, 0.05) is 12.2 Å². The molecule has 9 heteroatoms. The zero-order valence-electron chi connectivity index (χ0n) is 15.1. The molecule has 1 aliphatic rings. The Morgan fingerprint density at radius 3 is 2.81 bits per heavy atom. The summed E-state index contributed by atoms with van der Waals surface area (Å²) in [5, 5.41) is 8.47. The molecule has 0 fully saturated rings. The molecule has 0 aliphatic heterocycles. The van der Waals surface area contributed by atoms with E-state index >= 15 is 0 Å². The minimum atomic E-state index is -0.331. The average Bonchev–Trinajstić information content (AvgIpc) is 3.31. The molecule has 1 aliphatic carbocycles. The van der Waals surface area contributed by atoms with Gasteiger partial charge >= 0.3 is 0 Å². The molecule has 2 N–H and O–H groups in total. The van der Waals surface area contributed by atoms with Crippen LogP contribution in [0.2, 0.25) is 0 Å². The number of halogens is 1. The Bertz CT molecular complexity index is 822. The second kappa shape index (κ2) is 8.90. The summed E-state index contributed by atoms with van der Waals surface area (Å²) >= 11 is 1.24. The predicted molar refractivity (Wildman–Crippen MR) is 101 cm³/mol. The third-order valence-electron chi connectivity index (χ3n) is 4.22. The molecule has 0 radical (unpaired) electrons. The van der Waals surface area contributed by atoms with Crippen LogP contribution in [0.15, 0.2) is 41.2 Å². The zero-order valence-corrected chi connectivity index (χ0v) is 15.9. The van der Waals surface area contributed by atoms with Crippen LogP contribution in [0.1, 0.15) is 32.0 Å². The van der Waals surface area contributed by atoms with Crippen molar-refractivity contribution < 1.29 is 13.9 Å². The van der Waals surface area contributed by atoms with Crippen molar-refractivity contribution in [1.29, 1.82) is 0 Å². The quantitative estimate of drug-likeness (QED) is 0.550. The molecule has 1 aromatic carbocycles. The van der Waals surface area contributed by atoms with Crippen molar-refractivity contribution in [2.45, 2.75) is 37.9 Å². The first-order valence-electron chi connectivity index (χ1n) is 8.78. The normalized spacial score (nSPS) is 13.5. The van der Waals surface area contributed by atoms with Crippen LogP contribution < -0.4 is 10.6 Å². The van der Waals surface area contributed by atoms with Gasteiger partial charge in [-0.15, -0.1) is 10.2 Å². The summed E-state index contributed by atoms with van der Waals surface area (Å²) in [7, 11) is 0. The van der Waals surface area contributed by atoms with E-state index in [0.717, 1.165) is 25.0 Å². The lowest BCUT2D eigenvalue weighted by Gasteiger charge is -2.21. The Morgan fingerprint density at radius 1 is 1.37 bits per heavy atom. The van der Waals surface area contributed by atoms with Crippen LogP contribution >= 0.6 is 11.8 Å². The number of carbonyl (C=O) groups is 1. The molecule has 7 nitrogen and oxygen atoms in total. The maximum atomic E-state index is 12.9. The molecule has 144 valence electrons. The van der Waals surface area contributed by atoms with Gasteiger partial charge in [-0.3, -0.25) is 4.79 Å². The molecule has 0 bridgehead atoms. The fourth-order valence-corrected chi connectivity index (χ4v) is 3.58. The SMILES string of the molecule is CCN(C(=O)CSc1nnc(COc2ccc(F)cc2)n1N)C1=CCCC1. The minimum absolute atomic E-state index is 0.0303. The Labute approximate surface area is 161 Å². The number of nitrogens with two attached hydrogens (primary N) is 1. The fourth-order valence-electron chi connectivity index (χ4n) is 2.83. The van der Waals surface area contributed by atoms with Gasteiger partial charge in [-0.25, -0.2) is 9.07 Å². The highest BCUT2D eigenvalue weighted by Crippen LogP contribution is 2.23. The largest absolute Gasteiger partial charge is 0.486 e. The number of hydrogen-bond acceptors (Lipinski definition) is 6. The van der Waals surface area contributed by atoms with Crippen molar-refractivity contribution in [2.24, 2.45) is 0 Å². The molecule has 0 saturated heterocycles. The molecule has 27 heavy (non-hydrogen) atoms. The minimum Gasteiger partial charge on any atom is -0.486 e. The molecule has 0 atom stereocenters. The van der Waals surface area contributed by atoms with E-state index in [0.29, 0.717) is 23.3 Å². The number of hydrogen-bond donors (Lipinski definition) is 1. The first-order chi connectivity index (χ1) is 13.1. The van der Waals surface area contributed by atoms with Crippen LogP contribution in [-0.2, 0) is 11.4 Å². The van der Waals surface area contributed by atoms with Crippen LogP contribution in [0.5, 0.6) is 5.75 Å². The smallest absolute Gasteiger partial charge is 0.237 e. The van der Waals surface area contributed by atoms with E-state index < -0.39 is 0 Å². The van der Waals surface area contributed by atoms with Crippen molar-refractivity contribution >= 4 is 17.7 Å². The first-order valence-corrected chi connectivity index (χ1v) is 9.77. The maximum absolute atomic E-state index is 12.9. The van der Waals surface area contributed by atoms with E-state index in [1.807, 2.05) is 11.8 Å². The topological polar surface area (TPSA) is 86.3 Å². The maximum Gasteiger partial charge on any atom is 0.237 e. The molecule has 1 amide bonds. The molecule has 2 aromatic rings. The molecular formula is C18H22FN5O2S. The lowest BCUT2D eigenvalue weighted by Crippen LogP contribution is -2.31. The molecule has 0 saturated carbocycles. The summed E-state index contributed by atoms with van der Waals surface area (Å²) in [6, 6.07) is 5.68. The monoisotopic (exact) mass is 391 g/mol. The number of aromatic nitrogens is 3. The van der Waals surface area contributed by atoms with Gasteiger partial charge in [0.2, 0.25) is 11.1 Å². The van der Waals surface area contributed by atoms with Gasteiger partial charge < -0.3 is 15.5 Å². The number of thioether (sulfide) groups is 1. The molecule has 0 unspecified atom stereocenters. The van der Waals surface area contributed by atoms with Crippen LogP contribution in [0.3, 0.4) is 0 Å². The number of ether oxygens (including phenoxy) is 1. The Kier molecular flexibility index (Phi) is 6.33. The van der Waals surface area contributed by atoms with E-state index in [1.165, 1.54) is 40.7 Å². The lowest BCUT2D eigenvalue weighted by atomic mass is 10.3. The zero-order chi connectivity index (χ0) is 19.2. The highest BCUT2D eigenvalue weighted by atomic mass is 32.2. The third-order valence-corrected chi connectivity index (χ3v) is 5.15. The van der Waals surface area contributed by atoms with Gasteiger partial charge in [-0.1, -0.05) is 17.8 Å². The van der Waals surface area contributed by atoms with Gasteiger partial charge in [0.15, 0.2) is 5.82 Å². The van der Waals surface area contributed by atoms with Gasteiger partial charge in [-0.05, 0) is 50.5 Å². The van der Waals surface area contributed by atoms with E-state index in [9.17, 15) is 9.18 Å². The standard InChI is InChI=1S/C18H22FN5O2S/c1-2-23(14-5-3-4-6-14)17(25)12-27-18-22-21-16(24(18)20)11-26-15-9-7-13(19)8-10-15/h5,7-10H,2-4,6,11-12,20H2,1H3. The summed E-state index contributed by atoms with van der Waals surface area (Å²) in [4.78, 5) is 14.3. The van der Waals surface area contributed by atoms with Crippen molar-refractivity contribution in [2.75, 3.05) is 18.1 Å². The van der Waals surface area contributed by atoms with E-state index in [2.05, 4.69) is 16.3 Å². The summed E-state index contributed by atoms with van der Waals surface area (Å²) in [6.07, 6.45) is 5.20. The number of nitrogens with zero attached hydrogens (tertiary/aromatic N) is 4. The van der Waals surface area contributed by atoms with Crippen LogP contribution in [0.4, 0.5) is 4.39 Å². The van der Waals surface area contributed by atoms with Gasteiger partial charge in [0.1, 0.15) is 18.2 Å². The molecule has 1 heterocycles. The third kappa shape index (κ3) is 4.79. The number of allylic oxidation sites excluding steroid dienone is 2. The summed E-state index contributed by atoms with van der Waals surface area (Å²) in [5.74, 6) is 6.86. The molecule has 3 rings (SSSR count). The van der Waals surface area contributed by atoms with Gasteiger partial charge in [-0.2, -0.15) is 0 Å². The summed E-state index contributed by atoms with van der Waals surface area (Å²) in [6.45, 7) is 2.72. The summed E-state index contributed by atoms with van der Waals surface area (Å²) < 4.78 is 19.7. The van der Waals surface area contributed by atoms with Crippen molar-refractivity contribution in [3.63, 3.8) is 0 Å². The van der Waals surface area contributed by atoms with E-state index in [4.69, 9.17) is 10.6 Å². The van der Waals surface area contributed by atoms with Crippen molar-refractivity contribution in [1.82, 2.24) is 19.8 Å². The Morgan fingerprint density at radius 2 is 2.15 bits per heavy atom. The van der Waals surface area contributed by atoms with Gasteiger partial charge in [0.25, 0.3) is 0 Å². The highest BCUT2D eigenvalue weighted by Gasteiger charge is 2.20. The molecule has 1 aromatic heterocycles. The number of nitrogen functional groups attached to an aromatic ring is 1. The predicted octanol–water partition coefficient (Wildman–Crippen LogP) is 2.72. The van der Waals surface area contributed by atoms with Gasteiger partial charge in [0.05, 0.1) is 5.75 Å². The molecule has 0 spiro atoms. The Hall–Kier alpha value is -2.55. The van der Waals surface area contributed by atoms with Crippen LogP contribution in [-0.4, -0.2) is 38.0 Å². The lowest BCUT2D eigenvalue weighted by molar-refractivity contribution is -0.126. The first kappa shape index (κ1) is 19.2. The summed E-state index contributed by atoms with van der Waals surface area (Å²) in [5.41, 5.74) is 1.10. The average molecular weight is 391 g/mol. The van der Waals surface area contributed by atoms with E-state index in [-0.39, 0.29) is 24.1 Å². The number of rotatable bonds is 8. The second-order valence-electron chi connectivity index (χ2n) is 6.03. The van der Waals surface area contributed by atoms with Crippen molar-refractivity contribution in [3.8, 4) is 5.75 Å². The Balaban J connectivity index is 1.55. The van der Waals surface area contributed by atoms with Crippen LogP contribution in [0.25, 0.3) is 0 Å². The van der Waals surface area contributed by atoms with E-state index in [1.54, 1.807) is 0 Å². The highest BCUT2D eigenvalue weighted by molar-refractivity contribution is 7.99. The second-order valence-corrected chi connectivity index (χ2v) is 6.97. The van der Waals surface area contributed by atoms with Crippen molar-refractivity contribution in [3.05, 3.63) is 47.7 Å². The fraction of sp³-hybridized carbons (Fsp3) is 0.389. The number of benzene rings is 1.